The summed E-state index contributed by atoms with van der Waals surface area (Å²) in [4.78, 5) is 17.7. The van der Waals surface area contributed by atoms with Crippen LogP contribution >= 0.6 is 34.3 Å². The predicted molar refractivity (Wildman–Crippen MR) is 88.3 cm³/mol. The van der Waals surface area contributed by atoms with Gasteiger partial charge in [0, 0.05) is 11.4 Å². The molecule has 4 nitrogen and oxygen atoms in total. The number of thiazole rings is 1. The number of carbonyl (C=O) groups excluding carboxylic acids is 1. The van der Waals surface area contributed by atoms with E-state index < -0.39 is 0 Å². The van der Waals surface area contributed by atoms with Gasteiger partial charge in [-0.25, -0.2) is 4.98 Å². The fourth-order valence-electron chi connectivity index (χ4n) is 2.39. The highest BCUT2D eigenvalue weighted by atomic mass is 35.5. The predicted octanol–water partition coefficient (Wildman–Crippen LogP) is 3.25. The van der Waals surface area contributed by atoms with Crippen LogP contribution in [0.1, 0.15) is 23.8 Å². The largest absolute Gasteiger partial charge is 0.348 e. The van der Waals surface area contributed by atoms with Gasteiger partial charge in [-0.2, -0.15) is 0 Å². The Labute approximate surface area is 136 Å². The summed E-state index contributed by atoms with van der Waals surface area (Å²) < 4.78 is 0.731. The van der Waals surface area contributed by atoms with Crippen molar-refractivity contribution >= 4 is 40.2 Å². The molecule has 1 aliphatic heterocycles. The highest BCUT2D eigenvalue weighted by Gasteiger charge is 2.24. The second-order valence-corrected chi connectivity index (χ2v) is 7.76. The molecule has 1 saturated heterocycles. The summed E-state index contributed by atoms with van der Waals surface area (Å²) in [6.07, 6.45) is 0.963. The van der Waals surface area contributed by atoms with Gasteiger partial charge in [0.2, 0.25) is 0 Å². The van der Waals surface area contributed by atoms with E-state index in [9.17, 15) is 4.79 Å². The molecule has 0 saturated carbocycles. The van der Waals surface area contributed by atoms with Crippen molar-refractivity contribution in [3.63, 3.8) is 0 Å². The van der Waals surface area contributed by atoms with Gasteiger partial charge >= 0.3 is 0 Å². The lowest BCUT2D eigenvalue weighted by Gasteiger charge is -2.29. The second kappa shape index (κ2) is 6.44. The Morgan fingerprint density at radius 1 is 1.52 bits per heavy atom. The fraction of sp³-hybridized carbons (Fsp3) is 0.429. The molecule has 1 aliphatic rings. The number of thiophene rings is 1. The van der Waals surface area contributed by atoms with Crippen LogP contribution in [0.25, 0.3) is 9.88 Å². The van der Waals surface area contributed by atoms with E-state index in [0.29, 0.717) is 11.6 Å². The lowest BCUT2D eigenvalue weighted by molar-refractivity contribution is 0.0910. The smallest absolute Gasteiger partial charge is 0.271 e. The number of piperidine rings is 1. The number of aromatic nitrogens is 1. The molecule has 1 amide bonds. The van der Waals surface area contributed by atoms with Crippen molar-refractivity contribution in [2.24, 2.45) is 5.92 Å². The van der Waals surface area contributed by atoms with Crippen LogP contribution in [0.4, 0.5) is 0 Å². The normalized spacial score (nSPS) is 22.2. The first kappa shape index (κ1) is 15.0. The lowest BCUT2D eigenvalue weighted by atomic mass is 9.95. The molecule has 2 unspecified atom stereocenters. The van der Waals surface area contributed by atoms with Crippen LogP contribution in [0.5, 0.6) is 0 Å². The van der Waals surface area contributed by atoms with Crippen LogP contribution in [0.15, 0.2) is 17.5 Å². The highest BCUT2D eigenvalue weighted by Crippen LogP contribution is 2.32. The summed E-state index contributed by atoms with van der Waals surface area (Å²) >= 11 is 8.88. The standard InChI is InChI=1S/C14H16ClN3OS2/c1-8-6-16-5-4-9(8)17-13(19)10-7-20-14(18-10)11-2-3-12(15)21-11/h2-3,7-9,16H,4-6H2,1H3,(H,17,19). The third-order valence-corrected chi connectivity index (χ3v) is 5.87. The van der Waals surface area contributed by atoms with Crippen LogP contribution < -0.4 is 10.6 Å². The SMILES string of the molecule is CC1CNCCC1NC(=O)c1csc(-c2ccc(Cl)s2)n1. The quantitative estimate of drug-likeness (QED) is 0.901. The Morgan fingerprint density at radius 2 is 2.38 bits per heavy atom. The molecule has 3 rings (SSSR count). The van der Waals surface area contributed by atoms with Gasteiger partial charge in [0.15, 0.2) is 0 Å². The average Bonchev–Trinajstić information content (AvgIpc) is 3.10. The third-order valence-electron chi connectivity index (χ3n) is 3.62. The first-order chi connectivity index (χ1) is 10.1. The van der Waals surface area contributed by atoms with Crippen molar-refractivity contribution < 1.29 is 4.79 Å². The van der Waals surface area contributed by atoms with Crippen LogP contribution in [-0.4, -0.2) is 30.0 Å². The molecule has 2 aromatic rings. The lowest BCUT2D eigenvalue weighted by Crippen LogP contribution is -2.48. The minimum Gasteiger partial charge on any atom is -0.348 e. The number of hydrogen-bond donors (Lipinski definition) is 2. The molecule has 21 heavy (non-hydrogen) atoms. The van der Waals surface area contributed by atoms with E-state index >= 15 is 0 Å². The Balaban J connectivity index is 1.69. The van der Waals surface area contributed by atoms with Gasteiger partial charge in [-0.3, -0.25) is 4.79 Å². The molecule has 0 bridgehead atoms. The maximum absolute atomic E-state index is 12.3. The van der Waals surface area contributed by atoms with Crippen LogP contribution in [0.3, 0.4) is 0 Å². The Bertz CT molecular complexity index is 640. The molecule has 0 radical (unpaired) electrons. The monoisotopic (exact) mass is 341 g/mol. The molecule has 2 atom stereocenters. The van der Waals surface area contributed by atoms with Crippen molar-refractivity contribution in [1.29, 1.82) is 0 Å². The number of rotatable bonds is 3. The van der Waals surface area contributed by atoms with E-state index in [1.54, 1.807) is 0 Å². The first-order valence-corrected chi connectivity index (χ1v) is 8.93. The summed E-state index contributed by atoms with van der Waals surface area (Å²) in [7, 11) is 0. The third kappa shape index (κ3) is 3.45. The summed E-state index contributed by atoms with van der Waals surface area (Å²) in [6, 6.07) is 4.00. The van der Waals surface area contributed by atoms with E-state index in [0.717, 1.165) is 33.7 Å². The maximum atomic E-state index is 12.3. The van der Waals surface area contributed by atoms with Gasteiger partial charge in [-0.1, -0.05) is 18.5 Å². The van der Waals surface area contributed by atoms with Crippen molar-refractivity contribution in [1.82, 2.24) is 15.6 Å². The van der Waals surface area contributed by atoms with E-state index in [4.69, 9.17) is 11.6 Å². The number of amides is 1. The van der Waals surface area contributed by atoms with Gasteiger partial charge in [0.05, 0.1) is 9.21 Å². The zero-order valence-electron chi connectivity index (χ0n) is 11.6. The van der Waals surface area contributed by atoms with E-state index in [-0.39, 0.29) is 11.9 Å². The van der Waals surface area contributed by atoms with Crippen molar-refractivity contribution in [2.75, 3.05) is 13.1 Å². The van der Waals surface area contributed by atoms with Crippen molar-refractivity contribution in [2.45, 2.75) is 19.4 Å². The van der Waals surface area contributed by atoms with Gasteiger partial charge in [0.25, 0.3) is 5.91 Å². The number of nitrogens with one attached hydrogen (secondary N) is 2. The molecule has 0 spiro atoms. The summed E-state index contributed by atoms with van der Waals surface area (Å²) in [6.45, 7) is 4.05. The second-order valence-electron chi connectivity index (χ2n) is 5.19. The van der Waals surface area contributed by atoms with Gasteiger partial charge in [-0.15, -0.1) is 22.7 Å². The number of hydrogen-bond acceptors (Lipinski definition) is 5. The van der Waals surface area contributed by atoms with Crippen LogP contribution in [-0.2, 0) is 0 Å². The van der Waals surface area contributed by atoms with Crippen LogP contribution in [0, 0.1) is 5.92 Å². The molecule has 2 aromatic heterocycles. The van der Waals surface area contributed by atoms with Gasteiger partial charge in [0.1, 0.15) is 10.7 Å². The van der Waals surface area contributed by atoms with Crippen LogP contribution in [0.2, 0.25) is 4.34 Å². The topological polar surface area (TPSA) is 54.0 Å². The Morgan fingerprint density at radius 3 is 3.10 bits per heavy atom. The molecule has 0 aliphatic carbocycles. The highest BCUT2D eigenvalue weighted by molar-refractivity contribution is 7.23. The zero-order valence-corrected chi connectivity index (χ0v) is 13.9. The molecule has 2 N–H and O–H groups in total. The number of nitrogens with zero attached hydrogens (tertiary/aromatic N) is 1. The molecule has 1 fully saturated rings. The summed E-state index contributed by atoms with van der Waals surface area (Å²) in [5.41, 5.74) is 0.491. The summed E-state index contributed by atoms with van der Waals surface area (Å²) in [5, 5.41) is 9.08. The van der Waals surface area contributed by atoms with E-state index in [1.807, 2.05) is 17.5 Å². The van der Waals surface area contributed by atoms with Crippen molar-refractivity contribution in [3.05, 3.63) is 27.5 Å². The van der Waals surface area contributed by atoms with E-state index in [1.165, 1.54) is 22.7 Å². The zero-order chi connectivity index (χ0) is 14.8. The van der Waals surface area contributed by atoms with Gasteiger partial charge in [-0.05, 0) is 37.6 Å². The van der Waals surface area contributed by atoms with E-state index in [2.05, 4.69) is 22.5 Å². The Hall–Kier alpha value is -0.950. The molecule has 0 aromatic carbocycles. The number of carbonyl (C=O) groups is 1. The van der Waals surface area contributed by atoms with Gasteiger partial charge < -0.3 is 10.6 Å². The average molecular weight is 342 g/mol. The molecular formula is C14H16ClN3OS2. The number of halogens is 1. The Kier molecular flexibility index (Phi) is 4.59. The fourth-order valence-corrected chi connectivity index (χ4v) is 4.31. The minimum absolute atomic E-state index is 0.0843. The molecular weight excluding hydrogens is 326 g/mol. The molecule has 3 heterocycles. The molecule has 112 valence electrons. The maximum Gasteiger partial charge on any atom is 0.271 e. The summed E-state index contributed by atoms with van der Waals surface area (Å²) in [5.74, 6) is 0.357. The minimum atomic E-state index is -0.0843. The molecule has 7 heteroatoms. The first-order valence-electron chi connectivity index (χ1n) is 6.86. The van der Waals surface area contributed by atoms with Crippen molar-refractivity contribution in [3.8, 4) is 9.88 Å².